The molecule has 2 rings (SSSR count). The maximum atomic E-state index is 12.9. The van der Waals surface area contributed by atoms with Crippen LogP contribution in [0.4, 0.5) is 4.39 Å². The molecule has 0 bridgehead atoms. The molecule has 1 heterocycles. The van der Waals surface area contributed by atoms with E-state index in [4.69, 9.17) is 0 Å². The summed E-state index contributed by atoms with van der Waals surface area (Å²) in [6, 6.07) is 6.34. The number of halogens is 1. The number of thioether (sulfide) groups is 1. The minimum absolute atomic E-state index is 0.261. The number of aryl methyl sites for hydroxylation is 1. The molecule has 0 spiro atoms. The third kappa shape index (κ3) is 3.82. The Morgan fingerprint density at radius 3 is 3.00 bits per heavy atom. The highest BCUT2D eigenvalue weighted by molar-refractivity contribution is 7.99. The summed E-state index contributed by atoms with van der Waals surface area (Å²) in [6.07, 6.45) is 1.71. The summed E-state index contributed by atoms with van der Waals surface area (Å²) in [5, 5.41) is 17.6. The van der Waals surface area contributed by atoms with Crippen molar-refractivity contribution in [1.29, 1.82) is 0 Å². The minimum Gasteiger partial charge on any atom is -0.392 e. The van der Waals surface area contributed by atoms with Crippen molar-refractivity contribution in [3.8, 4) is 0 Å². The van der Waals surface area contributed by atoms with E-state index in [1.165, 1.54) is 23.9 Å². The minimum atomic E-state index is -0.519. The van der Waals surface area contributed by atoms with Crippen LogP contribution in [0.25, 0.3) is 0 Å². The van der Waals surface area contributed by atoms with Crippen molar-refractivity contribution >= 4 is 11.8 Å². The maximum absolute atomic E-state index is 12.9. The molecule has 0 aliphatic rings. The van der Waals surface area contributed by atoms with Crippen LogP contribution >= 0.6 is 11.8 Å². The lowest BCUT2D eigenvalue weighted by Crippen LogP contribution is -2.13. The van der Waals surface area contributed by atoms with Crippen LogP contribution in [0, 0.1) is 5.82 Å². The fourth-order valence-electron chi connectivity index (χ4n) is 1.54. The highest BCUT2D eigenvalue weighted by Gasteiger charge is 2.09. The molecule has 0 saturated heterocycles. The Bertz CT molecular complexity index is 518. The van der Waals surface area contributed by atoms with Gasteiger partial charge in [-0.1, -0.05) is 11.3 Å². The van der Waals surface area contributed by atoms with Crippen LogP contribution in [0.3, 0.4) is 0 Å². The van der Waals surface area contributed by atoms with Crippen LogP contribution in [0.5, 0.6) is 0 Å². The van der Waals surface area contributed by atoms with Gasteiger partial charge in [-0.25, -0.2) is 4.39 Å². The summed E-state index contributed by atoms with van der Waals surface area (Å²) in [6.45, 7) is 0. The summed E-state index contributed by atoms with van der Waals surface area (Å²) < 4.78 is 14.5. The molecule has 0 amide bonds. The van der Waals surface area contributed by atoms with Gasteiger partial charge in [0.05, 0.1) is 11.8 Å². The van der Waals surface area contributed by atoms with Crippen molar-refractivity contribution in [3.05, 3.63) is 42.0 Å². The first-order valence-electron chi connectivity index (χ1n) is 5.55. The fourth-order valence-corrected chi connectivity index (χ4v) is 2.41. The Kier molecular flexibility index (Phi) is 4.33. The average Bonchev–Trinajstić information content (AvgIpc) is 2.72. The quantitative estimate of drug-likeness (QED) is 0.837. The molecule has 96 valence electrons. The summed E-state index contributed by atoms with van der Waals surface area (Å²) >= 11 is 1.42. The van der Waals surface area contributed by atoms with Crippen molar-refractivity contribution in [2.24, 2.45) is 7.05 Å². The fraction of sp³-hybridized carbons (Fsp3) is 0.333. The molecule has 0 fully saturated rings. The molecule has 2 aromatic rings. The van der Waals surface area contributed by atoms with Gasteiger partial charge in [0.1, 0.15) is 5.82 Å². The molecule has 1 aromatic heterocycles. The SMILES string of the molecule is Cn1cc(CC(O)CSc2cccc(F)c2)nn1. The maximum Gasteiger partial charge on any atom is 0.124 e. The molecule has 18 heavy (non-hydrogen) atoms. The number of aliphatic hydroxyl groups is 1. The number of aliphatic hydroxyl groups excluding tert-OH is 1. The first-order valence-corrected chi connectivity index (χ1v) is 6.53. The summed E-state index contributed by atoms with van der Waals surface area (Å²) in [5.41, 5.74) is 0.754. The second-order valence-electron chi connectivity index (χ2n) is 4.01. The second-order valence-corrected chi connectivity index (χ2v) is 5.10. The van der Waals surface area contributed by atoms with Crippen LogP contribution < -0.4 is 0 Å². The molecule has 1 aromatic carbocycles. The molecule has 6 heteroatoms. The van der Waals surface area contributed by atoms with E-state index in [0.717, 1.165) is 10.6 Å². The number of hydrogen-bond donors (Lipinski definition) is 1. The van der Waals surface area contributed by atoms with Crippen LogP contribution in [0.2, 0.25) is 0 Å². The van der Waals surface area contributed by atoms with Crippen molar-refractivity contribution in [2.75, 3.05) is 5.75 Å². The lowest BCUT2D eigenvalue weighted by molar-refractivity contribution is 0.199. The van der Waals surface area contributed by atoms with Crippen LogP contribution in [-0.4, -0.2) is 32.0 Å². The summed E-state index contributed by atoms with van der Waals surface area (Å²) in [5.74, 6) is 0.239. The highest BCUT2D eigenvalue weighted by atomic mass is 32.2. The van der Waals surface area contributed by atoms with Gasteiger partial charge in [0.25, 0.3) is 0 Å². The van der Waals surface area contributed by atoms with Crippen molar-refractivity contribution in [1.82, 2.24) is 15.0 Å². The van der Waals surface area contributed by atoms with Crippen molar-refractivity contribution in [2.45, 2.75) is 17.4 Å². The van der Waals surface area contributed by atoms with Crippen LogP contribution in [-0.2, 0) is 13.5 Å². The molecule has 1 atom stereocenters. The van der Waals surface area contributed by atoms with Gasteiger partial charge in [-0.3, -0.25) is 4.68 Å². The molecule has 0 radical (unpaired) electrons. The van der Waals surface area contributed by atoms with E-state index in [9.17, 15) is 9.50 Å². The molecule has 0 aliphatic carbocycles. The highest BCUT2D eigenvalue weighted by Crippen LogP contribution is 2.20. The Morgan fingerprint density at radius 1 is 1.50 bits per heavy atom. The monoisotopic (exact) mass is 267 g/mol. The first kappa shape index (κ1) is 13.0. The van der Waals surface area contributed by atoms with E-state index < -0.39 is 6.10 Å². The number of benzene rings is 1. The van der Waals surface area contributed by atoms with Gasteiger partial charge < -0.3 is 5.11 Å². The van der Waals surface area contributed by atoms with Crippen LogP contribution in [0.1, 0.15) is 5.69 Å². The smallest absolute Gasteiger partial charge is 0.124 e. The lowest BCUT2D eigenvalue weighted by Gasteiger charge is -2.08. The molecule has 1 N–H and O–H groups in total. The zero-order valence-electron chi connectivity index (χ0n) is 9.95. The van der Waals surface area contributed by atoms with Gasteiger partial charge in [-0.15, -0.1) is 16.9 Å². The van der Waals surface area contributed by atoms with E-state index in [1.54, 1.807) is 24.0 Å². The summed E-state index contributed by atoms with van der Waals surface area (Å²) in [4.78, 5) is 0.813. The van der Waals surface area contributed by atoms with E-state index in [1.807, 2.05) is 6.07 Å². The van der Waals surface area contributed by atoms with Gasteiger partial charge in [0, 0.05) is 30.3 Å². The third-order valence-corrected chi connectivity index (χ3v) is 3.47. The topological polar surface area (TPSA) is 50.9 Å². The number of hydrogen-bond acceptors (Lipinski definition) is 4. The predicted octanol–water partition coefficient (Wildman–Crippen LogP) is 1.65. The molecule has 0 aliphatic heterocycles. The molecule has 0 saturated carbocycles. The average molecular weight is 267 g/mol. The zero-order chi connectivity index (χ0) is 13.0. The van der Waals surface area contributed by atoms with Gasteiger partial charge in [-0.05, 0) is 18.2 Å². The Labute approximate surface area is 109 Å². The number of nitrogens with zero attached hydrogens (tertiary/aromatic N) is 3. The van der Waals surface area contributed by atoms with Crippen LogP contribution in [0.15, 0.2) is 35.4 Å². The van der Waals surface area contributed by atoms with Gasteiger partial charge >= 0.3 is 0 Å². The molecule has 4 nitrogen and oxygen atoms in total. The largest absolute Gasteiger partial charge is 0.392 e. The van der Waals surface area contributed by atoms with Crippen molar-refractivity contribution < 1.29 is 9.50 Å². The van der Waals surface area contributed by atoms with E-state index in [-0.39, 0.29) is 5.82 Å². The Hall–Kier alpha value is -1.40. The van der Waals surface area contributed by atoms with Gasteiger partial charge in [0.2, 0.25) is 0 Å². The molecule has 1 unspecified atom stereocenters. The molecular formula is C12H14FN3OS. The predicted molar refractivity (Wildman–Crippen MR) is 67.8 cm³/mol. The summed E-state index contributed by atoms with van der Waals surface area (Å²) in [7, 11) is 1.78. The number of rotatable bonds is 5. The van der Waals surface area contributed by atoms with E-state index in [2.05, 4.69) is 10.3 Å². The lowest BCUT2D eigenvalue weighted by atomic mass is 10.2. The standard InChI is InChI=1S/C12H14FN3OS/c1-16-7-10(14-15-16)6-11(17)8-18-12-4-2-3-9(13)5-12/h2-5,7,11,17H,6,8H2,1H3. The Morgan fingerprint density at radius 2 is 2.33 bits per heavy atom. The Balaban J connectivity index is 1.83. The van der Waals surface area contributed by atoms with E-state index in [0.29, 0.717) is 12.2 Å². The number of aromatic nitrogens is 3. The first-order chi connectivity index (χ1) is 8.63. The third-order valence-electron chi connectivity index (χ3n) is 2.33. The van der Waals surface area contributed by atoms with Gasteiger partial charge in [0.15, 0.2) is 0 Å². The normalized spacial score (nSPS) is 12.6. The van der Waals surface area contributed by atoms with E-state index >= 15 is 0 Å². The van der Waals surface area contributed by atoms with Crippen molar-refractivity contribution in [3.63, 3.8) is 0 Å². The van der Waals surface area contributed by atoms with Gasteiger partial charge in [-0.2, -0.15) is 0 Å². The zero-order valence-corrected chi connectivity index (χ0v) is 10.8. The second kappa shape index (κ2) is 5.97. The molecular weight excluding hydrogens is 253 g/mol.